The molecule has 0 bridgehead atoms. The Hall–Kier alpha value is -0.300. The molecule has 1 nitrogen and oxygen atoms in total. The Kier molecular flexibility index (Phi) is 1.86. The highest BCUT2D eigenvalue weighted by Gasteiger charge is 2.33. The maximum Gasteiger partial charge on any atom is 0.0470 e. The number of hydrogen-bond donors (Lipinski definition) is 1. The Labute approximate surface area is 62.8 Å². The van der Waals surface area contributed by atoms with Crippen LogP contribution in [0.1, 0.15) is 27.2 Å². The third-order valence-corrected chi connectivity index (χ3v) is 2.97. The van der Waals surface area contributed by atoms with Gasteiger partial charge in [0, 0.05) is 6.61 Å². The Bertz CT molecular complexity index is 156. The van der Waals surface area contributed by atoms with E-state index in [9.17, 15) is 0 Å². The summed E-state index contributed by atoms with van der Waals surface area (Å²) in [5, 5.41) is 8.99. The number of allylic oxidation sites excluding steroid dienone is 2. The molecule has 58 valence electrons. The van der Waals surface area contributed by atoms with E-state index >= 15 is 0 Å². The lowest BCUT2D eigenvalue weighted by molar-refractivity contribution is 0.158. The summed E-state index contributed by atoms with van der Waals surface area (Å²) in [5.41, 5.74) is 1.65. The summed E-state index contributed by atoms with van der Waals surface area (Å²) in [6, 6.07) is 0. The van der Waals surface area contributed by atoms with Gasteiger partial charge in [-0.15, -0.1) is 0 Å². The van der Waals surface area contributed by atoms with Gasteiger partial charge in [0.05, 0.1) is 0 Å². The molecule has 1 aliphatic rings. The summed E-state index contributed by atoms with van der Waals surface area (Å²) in [6.07, 6.45) is 3.29. The molecule has 0 saturated heterocycles. The van der Waals surface area contributed by atoms with E-state index in [4.69, 9.17) is 5.11 Å². The van der Waals surface area contributed by atoms with Crippen LogP contribution in [-0.4, -0.2) is 11.7 Å². The molecule has 1 atom stereocenters. The summed E-state index contributed by atoms with van der Waals surface area (Å²) in [5.74, 6) is 0.451. The van der Waals surface area contributed by atoms with Crippen LogP contribution in [0.3, 0.4) is 0 Å². The average Bonchev–Trinajstić information content (AvgIpc) is 2.10. The highest BCUT2D eigenvalue weighted by atomic mass is 16.3. The van der Waals surface area contributed by atoms with E-state index in [1.807, 2.05) is 0 Å². The number of hydrogen-bond acceptors (Lipinski definition) is 1. The highest BCUT2D eigenvalue weighted by molar-refractivity contribution is 5.17. The molecular weight excluding hydrogens is 124 g/mol. The van der Waals surface area contributed by atoms with Crippen molar-refractivity contribution in [3.05, 3.63) is 11.6 Å². The minimum Gasteiger partial charge on any atom is -0.396 e. The molecule has 0 amide bonds. The van der Waals surface area contributed by atoms with Gasteiger partial charge in [0.15, 0.2) is 0 Å². The fourth-order valence-corrected chi connectivity index (χ4v) is 1.50. The standard InChI is InChI=1S/C9H16O/c1-7-4-5-8(6-10)9(7,2)3/h4,8,10H,5-6H2,1-3H3. The van der Waals surface area contributed by atoms with Gasteiger partial charge in [-0.3, -0.25) is 0 Å². The van der Waals surface area contributed by atoms with Crippen LogP contribution >= 0.6 is 0 Å². The first-order chi connectivity index (χ1) is 4.59. The first kappa shape index (κ1) is 7.80. The van der Waals surface area contributed by atoms with E-state index in [1.165, 1.54) is 5.57 Å². The molecule has 10 heavy (non-hydrogen) atoms. The minimum atomic E-state index is 0.231. The van der Waals surface area contributed by atoms with Gasteiger partial charge in [0.1, 0.15) is 0 Å². The largest absolute Gasteiger partial charge is 0.396 e. The van der Waals surface area contributed by atoms with Crippen molar-refractivity contribution >= 4 is 0 Å². The first-order valence-corrected chi connectivity index (χ1v) is 3.87. The number of aliphatic hydroxyl groups excluding tert-OH is 1. The second-order valence-electron chi connectivity index (χ2n) is 3.72. The van der Waals surface area contributed by atoms with Crippen molar-refractivity contribution in [2.45, 2.75) is 27.2 Å². The van der Waals surface area contributed by atoms with Crippen LogP contribution in [0.4, 0.5) is 0 Å². The van der Waals surface area contributed by atoms with Crippen LogP contribution in [-0.2, 0) is 0 Å². The van der Waals surface area contributed by atoms with Gasteiger partial charge in [0.25, 0.3) is 0 Å². The van der Waals surface area contributed by atoms with E-state index in [0.29, 0.717) is 12.5 Å². The molecule has 0 saturated carbocycles. The number of aliphatic hydroxyl groups is 1. The second-order valence-corrected chi connectivity index (χ2v) is 3.72. The quantitative estimate of drug-likeness (QED) is 0.552. The molecule has 0 aliphatic heterocycles. The molecule has 0 spiro atoms. The summed E-state index contributed by atoms with van der Waals surface area (Å²) in [7, 11) is 0. The second kappa shape index (κ2) is 2.39. The molecule has 1 aliphatic carbocycles. The molecule has 1 heteroatoms. The molecule has 0 fully saturated rings. The van der Waals surface area contributed by atoms with Gasteiger partial charge in [-0.2, -0.15) is 0 Å². The lowest BCUT2D eigenvalue weighted by Crippen LogP contribution is -2.23. The highest BCUT2D eigenvalue weighted by Crippen LogP contribution is 2.42. The van der Waals surface area contributed by atoms with Crippen molar-refractivity contribution in [3.8, 4) is 0 Å². The van der Waals surface area contributed by atoms with E-state index < -0.39 is 0 Å². The normalized spacial score (nSPS) is 30.4. The van der Waals surface area contributed by atoms with Crippen molar-refractivity contribution in [1.29, 1.82) is 0 Å². The lowest BCUT2D eigenvalue weighted by Gasteiger charge is -2.27. The molecule has 0 heterocycles. The van der Waals surface area contributed by atoms with Crippen molar-refractivity contribution in [3.63, 3.8) is 0 Å². The topological polar surface area (TPSA) is 20.2 Å². The molecule has 0 aromatic rings. The zero-order chi connectivity index (χ0) is 7.78. The van der Waals surface area contributed by atoms with Gasteiger partial charge in [-0.25, -0.2) is 0 Å². The van der Waals surface area contributed by atoms with Crippen LogP contribution in [0.5, 0.6) is 0 Å². The molecule has 0 radical (unpaired) electrons. The summed E-state index contributed by atoms with van der Waals surface area (Å²) in [4.78, 5) is 0. The fraction of sp³-hybridized carbons (Fsp3) is 0.778. The van der Waals surface area contributed by atoms with Gasteiger partial charge in [0.2, 0.25) is 0 Å². The van der Waals surface area contributed by atoms with Crippen LogP contribution in [0.15, 0.2) is 11.6 Å². The predicted molar refractivity (Wildman–Crippen MR) is 42.7 cm³/mol. The maximum atomic E-state index is 8.99. The molecule has 0 aromatic heterocycles. The Morgan fingerprint density at radius 1 is 1.70 bits per heavy atom. The molecule has 1 unspecified atom stereocenters. The Morgan fingerprint density at radius 3 is 2.50 bits per heavy atom. The van der Waals surface area contributed by atoms with E-state index in [0.717, 1.165) is 6.42 Å². The SMILES string of the molecule is CC1=CCC(CO)C1(C)C. The third-order valence-electron chi connectivity index (χ3n) is 2.97. The summed E-state index contributed by atoms with van der Waals surface area (Å²) in [6.45, 7) is 6.87. The van der Waals surface area contributed by atoms with Crippen molar-refractivity contribution in [2.75, 3.05) is 6.61 Å². The van der Waals surface area contributed by atoms with Crippen LogP contribution in [0, 0.1) is 11.3 Å². The van der Waals surface area contributed by atoms with Gasteiger partial charge in [-0.05, 0) is 24.7 Å². The Morgan fingerprint density at radius 2 is 2.30 bits per heavy atom. The van der Waals surface area contributed by atoms with Crippen LogP contribution in [0.2, 0.25) is 0 Å². The predicted octanol–water partition coefficient (Wildman–Crippen LogP) is 1.97. The summed E-state index contributed by atoms with van der Waals surface area (Å²) < 4.78 is 0. The van der Waals surface area contributed by atoms with Crippen molar-refractivity contribution in [2.24, 2.45) is 11.3 Å². The maximum absolute atomic E-state index is 8.99. The van der Waals surface area contributed by atoms with E-state index in [1.54, 1.807) is 0 Å². The first-order valence-electron chi connectivity index (χ1n) is 3.87. The van der Waals surface area contributed by atoms with E-state index in [-0.39, 0.29) is 5.41 Å². The van der Waals surface area contributed by atoms with Crippen LogP contribution < -0.4 is 0 Å². The van der Waals surface area contributed by atoms with E-state index in [2.05, 4.69) is 26.8 Å². The molecular formula is C9H16O. The summed E-state index contributed by atoms with van der Waals surface area (Å²) >= 11 is 0. The monoisotopic (exact) mass is 140 g/mol. The molecule has 0 aromatic carbocycles. The minimum absolute atomic E-state index is 0.231. The molecule has 1 rings (SSSR count). The zero-order valence-corrected chi connectivity index (χ0v) is 7.02. The molecule has 1 N–H and O–H groups in total. The lowest BCUT2D eigenvalue weighted by atomic mass is 9.78. The Balaban J connectivity index is 2.74. The van der Waals surface area contributed by atoms with Gasteiger partial charge in [-0.1, -0.05) is 25.5 Å². The van der Waals surface area contributed by atoms with Gasteiger partial charge < -0.3 is 5.11 Å². The number of rotatable bonds is 1. The fourth-order valence-electron chi connectivity index (χ4n) is 1.50. The average molecular weight is 140 g/mol. The third kappa shape index (κ3) is 0.988. The van der Waals surface area contributed by atoms with Crippen molar-refractivity contribution < 1.29 is 5.11 Å². The van der Waals surface area contributed by atoms with Crippen LogP contribution in [0.25, 0.3) is 0 Å². The van der Waals surface area contributed by atoms with Gasteiger partial charge >= 0.3 is 0 Å². The zero-order valence-electron chi connectivity index (χ0n) is 7.02. The van der Waals surface area contributed by atoms with Crippen molar-refractivity contribution in [1.82, 2.24) is 0 Å². The smallest absolute Gasteiger partial charge is 0.0470 e.